The molecule has 2 amide bonds. The van der Waals surface area contributed by atoms with Crippen molar-refractivity contribution in [3.8, 4) is 17.0 Å². The number of amides is 2. The molecule has 3 rings (SSSR count). The molecule has 2 aromatic heterocycles. The second-order valence-electron chi connectivity index (χ2n) is 7.45. The summed E-state index contributed by atoms with van der Waals surface area (Å²) >= 11 is 0. The Morgan fingerprint density at radius 2 is 1.89 bits per heavy atom. The fourth-order valence-electron chi connectivity index (χ4n) is 3.26. The lowest BCUT2D eigenvalue weighted by molar-refractivity contribution is -0.265. The second kappa shape index (κ2) is 10.1. The molecule has 0 aliphatic heterocycles. The normalized spacial score (nSPS) is 13.2. The van der Waals surface area contributed by atoms with Crippen LogP contribution >= 0.6 is 0 Å². The lowest BCUT2D eigenvalue weighted by Gasteiger charge is -2.31. The number of carbonyl (C=O) groups is 2. The first-order valence-corrected chi connectivity index (χ1v) is 10.3. The Hall–Kier alpha value is -3.93. The Labute approximate surface area is 196 Å². The first kappa shape index (κ1) is 25.7. The molecule has 1 atom stereocenters. The summed E-state index contributed by atoms with van der Waals surface area (Å²) < 4.78 is 66.4. The minimum absolute atomic E-state index is 0.0502. The van der Waals surface area contributed by atoms with E-state index in [1.165, 1.54) is 24.3 Å². The summed E-state index contributed by atoms with van der Waals surface area (Å²) in [6.07, 6.45) is -4.69. The van der Waals surface area contributed by atoms with Crippen molar-refractivity contribution in [3.63, 3.8) is 0 Å². The largest absolute Gasteiger partial charge is 0.491 e. The predicted molar refractivity (Wildman–Crippen MR) is 115 cm³/mol. The molecule has 2 heterocycles. The van der Waals surface area contributed by atoms with Gasteiger partial charge < -0.3 is 25.3 Å². The number of primary amides is 1. The predicted octanol–water partition coefficient (Wildman–Crippen LogP) is 3.09. The van der Waals surface area contributed by atoms with E-state index >= 15 is 0 Å². The molecule has 0 bridgehead atoms. The van der Waals surface area contributed by atoms with Crippen molar-refractivity contribution >= 4 is 11.8 Å². The van der Waals surface area contributed by atoms with E-state index in [1.54, 1.807) is 6.92 Å². The molecular weight excluding hydrogens is 474 g/mol. The Balaban J connectivity index is 2.17. The SMILES string of the molecule is CCOc1c(CC(N)=O)cc([C@@](O)(CNC(=O)c2ccco2)C(F)(F)F)nc1-c1ccc(F)cc1. The maximum absolute atomic E-state index is 14.2. The number of benzene rings is 1. The zero-order chi connectivity index (χ0) is 25.8. The van der Waals surface area contributed by atoms with Crippen molar-refractivity contribution in [1.29, 1.82) is 0 Å². The number of aromatic nitrogens is 1. The molecular formula is C23H21F4N3O5. The molecule has 4 N–H and O–H groups in total. The zero-order valence-electron chi connectivity index (χ0n) is 18.4. The van der Waals surface area contributed by atoms with E-state index in [4.69, 9.17) is 14.9 Å². The third kappa shape index (κ3) is 5.60. The van der Waals surface area contributed by atoms with Gasteiger partial charge in [0.1, 0.15) is 17.3 Å². The van der Waals surface area contributed by atoms with Gasteiger partial charge in [-0.05, 0) is 49.4 Å². The summed E-state index contributed by atoms with van der Waals surface area (Å²) in [7, 11) is 0. The number of nitrogens with zero attached hydrogens (tertiary/aromatic N) is 1. The van der Waals surface area contributed by atoms with Crippen molar-refractivity contribution in [2.75, 3.05) is 13.2 Å². The van der Waals surface area contributed by atoms with Gasteiger partial charge in [-0.15, -0.1) is 0 Å². The zero-order valence-corrected chi connectivity index (χ0v) is 18.4. The molecule has 0 aliphatic rings. The smallest absolute Gasteiger partial charge is 0.424 e. The van der Waals surface area contributed by atoms with Gasteiger partial charge in [-0.3, -0.25) is 9.59 Å². The van der Waals surface area contributed by atoms with Crippen LogP contribution in [0.4, 0.5) is 17.6 Å². The van der Waals surface area contributed by atoms with Crippen molar-refractivity contribution in [3.05, 3.63) is 71.6 Å². The summed E-state index contributed by atoms with van der Waals surface area (Å²) in [6, 6.07) is 8.07. The highest BCUT2D eigenvalue weighted by Gasteiger charge is 2.56. The number of hydrogen-bond donors (Lipinski definition) is 3. The van der Waals surface area contributed by atoms with Crippen molar-refractivity contribution in [2.45, 2.75) is 25.1 Å². The molecule has 0 aliphatic carbocycles. The van der Waals surface area contributed by atoms with Crippen LogP contribution in [0.2, 0.25) is 0 Å². The van der Waals surface area contributed by atoms with Crippen LogP contribution in [0, 0.1) is 5.82 Å². The highest BCUT2D eigenvalue weighted by atomic mass is 19.4. The monoisotopic (exact) mass is 495 g/mol. The molecule has 0 saturated carbocycles. The lowest BCUT2D eigenvalue weighted by atomic mass is 9.93. The van der Waals surface area contributed by atoms with Crippen molar-refractivity contribution in [2.24, 2.45) is 5.73 Å². The third-order valence-corrected chi connectivity index (χ3v) is 4.96. The van der Waals surface area contributed by atoms with E-state index in [1.807, 2.05) is 5.32 Å². The van der Waals surface area contributed by atoms with Gasteiger partial charge in [0.05, 0.1) is 31.5 Å². The standard InChI is InChI=1S/C23H21F4N3O5/c1-2-34-20-14(11-18(28)31)10-17(30-19(20)13-5-7-15(24)8-6-13)22(33,23(25,26)27)12-29-21(32)16-4-3-9-35-16/h3-10,33H,2,11-12H2,1H3,(H2,28,31)(H,29,32)/t22-/m0/s1. The fraction of sp³-hybridized carbons (Fsp3) is 0.261. The van der Waals surface area contributed by atoms with Crippen LogP contribution in [0.1, 0.15) is 28.7 Å². The van der Waals surface area contributed by atoms with Crippen LogP contribution in [-0.2, 0) is 16.8 Å². The van der Waals surface area contributed by atoms with Gasteiger partial charge >= 0.3 is 6.18 Å². The lowest BCUT2D eigenvalue weighted by Crippen LogP contribution is -2.51. The number of ether oxygens (including phenoxy) is 1. The van der Waals surface area contributed by atoms with Crippen molar-refractivity contribution in [1.82, 2.24) is 10.3 Å². The maximum Gasteiger partial charge on any atom is 0.424 e. The first-order valence-electron chi connectivity index (χ1n) is 10.3. The van der Waals surface area contributed by atoms with Crippen LogP contribution in [0.5, 0.6) is 5.75 Å². The van der Waals surface area contributed by atoms with Crippen molar-refractivity contribution < 1.29 is 41.4 Å². The summed E-state index contributed by atoms with van der Waals surface area (Å²) in [5.74, 6) is -2.80. The Morgan fingerprint density at radius 3 is 2.43 bits per heavy atom. The number of furan rings is 1. The average Bonchev–Trinajstić information content (AvgIpc) is 3.33. The highest BCUT2D eigenvalue weighted by Crippen LogP contribution is 2.42. The van der Waals surface area contributed by atoms with E-state index in [0.717, 1.165) is 24.5 Å². The van der Waals surface area contributed by atoms with Crippen LogP contribution in [0.15, 0.2) is 53.1 Å². The van der Waals surface area contributed by atoms with Gasteiger partial charge in [0.15, 0.2) is 5.76 Å². The van der Waals surface area contributed by atoms with Gasteiger partial charge in [0.25, 0.3) is 5.91 Å². The topological polar surface area (TPSA) is 128 Å². The minimum Gasteiger partial charge on any atom is -0.491 e. The van der Waals surface area contributed by atoms with E-state index in [-0.39, 0.29) is 34.9 Å². The number of carbonyl (C=O) groups excluding carboxylic acids is 2. The fourth-order valence-corrected chi connectivity index (χ4v) is 3.26. The maximum atomic E-state index is 14.2. The summed E-state index contributed by atoms with van der Waals surface area (Å²) in [5, 5.41) is 12.8. The molecule has 3 aromatic rings. The van der Waals surface area contributed by atoms with E-state index < -0.39 is 48.1 Å². The number of nitrogens with one attached hydrogen (secondary N) is 1. The molecule has 0 radical (unpaired) electrons. The molecule has 12 heteroatoms. The molecule has 1 aromatic carbocycles. The van der Waals surface area contributed by atoms with Gasteiger partial charge in [0, 0.05) is 11.1 Å². The number of halogens is 4. The summed E-state index contributed by atoms with van der Waals surface area (Å²) in [5.41, 5.74) is 0.572. The Morgan fingerprint density at radius 1 is 1.20 bits per heavy atom. The van der Waals surface area contributed by atoms with Gasteiger partial charge in [0.2, 0.25) is 11.5 Å². The van der Waals surface area contributed by atoms with E-state index in [9.17, 15) is 32.3 Å². The van der Waals surface area contributed by atoms with E-state index in [0.29, 0.717) is 0 Å². The van der Waals surface area contributed by atoms with Crippen LogP contribution < -0.4 is 15.8 Å². The molecule has 0 spiro atoms. The quantitative estimate of drug-likeness (QED) is 0.392. The molecule has 186 valence electrons. The first-order chi connectivity index (χ1) is 16.5. The molecule has 35 heavy (non-hydrogen) atoms. The minimum atomic E-state index is -5.31. The number of aliphatic hydroxyl groups is 1. The molecule has 8 nitrogen and oxygen atoms in total. The summed E-state index contributed by atoms with van der Waals surface area (Å²) in [6.45, 7) is 0.340. The van der Waals surface area contributed by atoms with Crippen LogP contribution in [0.3, 0.4) is 0 Å². The Bertz CT molecular complexity index is 1200. The number of alkyl halides is 3. The molecule has 0 fully saturated rings. The Kier molecular flexibility index (Phi) is 7.44. The number of rotatable bonds is 9. The number of hydrogen-bond acceptors (Lipinski definition) is 6. The van der Waals surface area contributed by atoms with Gasteiger partial charge in [-0.1, -0.05) is 0 Å². The number of nitrogens with two attached hydrogens (primary N) is 1. The molecule has 0 saturated heterocycles. The van der Waals surface area contributed by atoms with Gasteiger partial charge in [-0.2, -0.15) is 13.2 Å². The average molecular weight is 495 g/mol. The third-order valence-electron chi connectivity index (χ3n) is 4.96. The summed E-state index contributed by atoms with van der Waals surface area (Å²) in [4.78, 5) is 27.8. The van der Waals surface area contributed by atoms with Crippen LogP contribution in [-0.4, -0.2) is 41.2 Å². The molecule has 0 unspecified atom stereocenters. The number of pyridine rings is 1. The second-order valence-corrected chi connectivity index (χ2v) is 7.45. The van der Waals surface area contributed by atoms with Crippen LogP contribution in [0.25, 0.3) is 11.3 Å². The van der Waals surface area contributed by atoms with Gasteiger partial charge in [-0.25, -0.2) is 9.37 Å². The van der Waals surface area contributed by atoms with E-state index in [2.05, 4.69) is 4.98 Å². The highest BCUT2D eigenvalue weighted by molar-refractivity contribution is 5.91.